The maximum absolute atomic E-state index is 11.3. The van der Waals surface area contributed by atoms with Crippen molar-refractivity contribution in [1.29, 1.82) is 0 Å². The van der Waals surface area contributed by atoms with E-state index >= 15 is 0 Å². The van der Waals surface area contributed by atoms with Gasteiger partial charge in [0.25, 0.3) is 0 Å². The molecule has 0 aromatic carbocycles. The van der Waals surface area contributed by atoms with E-state index in [1.165, 1.54) is 17.8 Å². The van der Waals surface area contributed by atoms with E-state index in [0.29, 0.717) is 17.9 Å². The minimum absolute atomic E-state index is 0.111. The van der Waals surface area contributed by atoms with Crippen LogP contribution in [0.3, 0.4) is 0 Å². The maximum atomic E-state index is 11.3. The molecular weight excluding hydrogens is 232 g/mol. The van der Waals surface area contributed by atoms with Gasteiger partial charge in [0.15, 0.2) is 10.9 Å². The van der Waals surface area contributed by atoms with Gasteiger partial charge in [-0.3, -0.25) is 4.79 Å². The molecule has 0 spiro atoms. The Morgan fingerprint density at radius 2 is 2.18 bits per heavy atom. The average molecular weight is 252 g/mol. The van der Waals surface area contributed by atoms with Gasteiger partial charge >= 0.3 is 0 Å². The molecule has 0 amide bonds. The molecule has 3 unspecified atom stereocenters. The van der Waals surface area contributed by atoms with Crippen LogP contribution in [0.2, 0.25) is 0 Å². The number of anilines is 1. The summed E-state index contributed by atoms with van der Waals surface area (Å²) in [5, 5.41) is 1.00. The molecular formula is C13H20N2OS. The molecule has 2 rings (SSSR count). The Morgan fingerprint density at radius 3 is 2.76 bits per heavy atom. The Morgan fingerprint density at radius 1 is 1.47 bits per heavy atom. The van der Waals surface area contributed by atoms with Crippen molar-refractivity contribution in [2.24, 2.45) is 11.8 Å². The maximum Gasteiger partial charge on any atom is 0.186 e. The number of Topliss-reactive ketones (excluding diaryl/α,β-unsaturated/α-hetero) is 1. The zero-order valence-corrected chi connectivity index (χ0v) is 11.8. The lowest BCUT2D eigenvalue weighted by Gasteiger charge is -2.41. The minimum Gasteiger partial charge on any atom is -0.345 e. The average Bonchev–Trinajstić information content (AvgIpc) is 2.72. The summed E-state index contributed by atoms with van der Waals surface area (Å²) in [6.07, 6.45) is 2.99. The molecule has 0 aliphatic carbocycles. The van der Waals surface area contributed by atoms with Crippen molar-refractivity contribution in [3.63, 3.8) is 0 Å². The Bertz CT molecular complexity index is 415. The molecule has 17 heavy (non-hydrogen) atoms. The Labute approximate surface area is 107 Å². The lowest BCUT2D eigenvalue weighted by Crippen LogP contribution is -2.45. The van der Waals surface area contributed by atoms with Gasteiger partial charge in [0.2, 0.25) is 0 Å². The van der Waals surface area contributed by atoms with Gasteiger partial charge in [-0.1, -0.05) is 25.2 Å². The predicted molar refractivity (Wildman–Crippen MR) is 71.9 cm³/mol. The second kappa shape index (κ2) is 4.77. The predicted octanol–water partition coefficient (Wildman–Crippen LogP) is 3.22. The van der Waals surface area contributed by atoms with Crippen molar-refractivity contribution < 1.29 is 4.79 Å². The lowest BCUT2D eigenvalue weighted by atomic mass is 9.86. The van der Waals surface area contributed by atoms with Crippen LogP contribution in [0.25, 0.3) is 0 Å². The first-order chi connectivity index (χ1) is 7.99. The first-order valence-electron chi connectivity index (χ1n) is 6.22. The van der Waals surface area contributed by atoms with Crippen LogP contribution in [0, 0.1) is 11.8 Å². The molecule has 1 fully saturated rings. The van der Waals surface area contributed by atoms with Crippen LogP contribution >= 0.6 is 11.3 Å². The van der Waals surface area contributed by atoms with Crippen LogP contribution in [-0.2, 0) is 0 Å². The van der Waals surface area contributed by atoms with Crippen molar-refractivity contribution >= 4 is 22.3 Å². The molecule has 0 radical (unpaired) electrons. The van der Waals surface area contributed by atoms with Gasteiger partial charge in [0, 0.05) is 19.5 Å². The summed E-state index contributed by atoms with van der Waals surface area (Å²) in [6.45, 7) is 9.49. The van der Waals surface area contributed by atoms with Gasteiger partial charge < -0.3 is 4.90 Å². The molecule has 0 N–H and O–H groups in total. The first kappa shape index (κ1) is 12.6. The van der Waals surface area contributed by atoms with Crippen LogP contribution in [0.15, 0.2) is 6.20 Å². The summed E-state index contributed by atoms with van der Waals surface area (Å²) in [5.74, 6) is 1.49. The van der Waals surface area contributed by atoms with Crippen LogP contribution in [0.1, 0.15) is 43.8 Å². The van der Waals surface area contributed by atoms with Gasteiger partial charge in [-0.2, -0.15) is 0 Å². The number of piperidine rings is 1. The second-order valence-corrected chi connectivity index (χ2v) is 6.28. The van der Waals surface area contributed by atoms with E-state index in [0.717, 1.165) is 16.6 Å². The summed E-state index contributed by atoms with van der Waals surface area (Å²) in [7, 11) is 0. The van der Waals surface area contributed by atoms with Crippen LogP contribution in [0.4, 0.5) is 5.13 Å². The van der Waals surface area contributed by atoms with E-state index in [1.54, 1.807) is 13.1 Å². The lowest BCUT2D eigenvalue weighted by molar-refractivity contribution is 0.102. The van der Waals surface area contributed by atoms with E-state index in [9.17, 15) is 4.79 Å². The number of rotatable bonds is 2. The van der Waals surface area contributed by atoms with Crippen molar-refractivity contribution in [2.75, 3.05) is 11.4 Å². The largest absolute Gasteiger partial charge is 0.345 e. The zero-order chi connectivity index (χ0) is 12.6. The highest BCUT2D eigenvalue weighted by Gasteiger charge is 2.30. The number of carbonyl (C=O) groups excluding carboxylic acids is 1. The molecule has 4 heteroatoms. The van der Waals surface area contributed by atoms with E-state index in [2.05, 4.69) is 30.7 Å². The van der Waals surface area contributed by atoms with Gasteiger partial charge in [0.05, 0.1) is 11.1 Å². The summed E-state index contributed by atoms with van der Waals surface area (Å²) in [5.41, 5.74) is 0. The van der Waals surface area contributed by atoms with Crippen LogP contribution in [0.5, 0.6) is 0 Å². The Balaban J connectivity index is 2.22. The summed E-state index contributed by atoms with van der Waals surface area (Å²) >= 11 is 1.52. The van der Waals surface area contributed by atoms with Crippen molar-refractivity contribution in [1.82, 2.24) is 4.98 Å². The SMILES string of the molecule is CC(=O)c1cnc(N2CC(C)CC(C)C2C)s1. The van der Waals surface area contributed by atoms with Crippen molar-refractivity contribution in [3.8, 4) is 0 Å². The molecule has 1 aromatic heterocycles. The summed E-state index contributed by atoms with van der Waals surface area (Å²) < 4.78 is 0. The molecule has 1 saturated heterocycles. The van der Waals surface area contributed by atoms with Crippen LogP contribution < -0.4 is 4.90 Å². The third-order valence-electron chi connectivity index (χ3n) is 3.68. The van der Waals surface area contributed by atoms with Gasteiger partial charge in [-0.25, -0.2) is 4.98 Å². The Kier molecular flexibility index (Phi) is 3.52. The minimum atomic E-state index is 0.111. The number of carbonyl (C=O) groups is 1. The van der Waals surface area contributed by atoms with E-state index < -0.39 is 0 Å². The number of hydrogen-bond acceptors (Lipinski definition) is 4. The smallest absolute Gasteiger partial charge is 0.186 e. The highest BCUT2D eigenvalue weighted by atomic mass is 32.1. The van der Waals surface area contributed by atoms with Crippen molar-refractivity contribution in [2.45, 2.75) is 40.2 Å². The molecule has 94 valence electrons. The topological polar surface area (TPSA) is 33.2 Å². The molecule has 0 bridgehead atoms. The number of ketones is 1. The number of aromatic nitrogens is 1. The van der Waals surface area contributed by atoms with Gasteiger partial charge in [0.1, 0.15) is 0 Å². The normalized spacial score (nSPS) is 29.4. The fourth-order valence-corrected chi connectivity index (χ4v) is 3.44. The number of nitrogens with zero attached hydrogens (tertiary/aromatic N) is 2. The summed E-state index contributed by atoms with van der Waals surface area (Å²) in [6, 6.07) is 0.511. The monoisotopic (exact) mass is 252 g/mol. The Hall–Kier alpha value is -0.900. The highest BCUT2D eigenvalue weighted by molar-refractivity contribution is 7.17. The first-order valence-corrected chi connectivity index (χ1v) is 7.04. The molecule has 0 saturated carbocycles. The van der Waals surface area contributed by atoms with Crippen LogP contribution in [-0.4, -0.2) is 23.4 Å². The fourth-order valence-electron chi connectivity index (χ4n) is 2.53. The number of thiazole rings is 1. The third kappa shape index (κ3) is 2.51. The second-order valence-electron chi connectivity index (χ2n) is 5.27. The van der Waals surface area contributed by atoms with E-state index in [-0.39, 0.29) is 5.78 Å². The molecule has 2 heterocycles. The molecule has 3 atom stereocenters. The van der Waals surface area contributed by atoms with E-state index in [1.807, 2.05) is 0 Å². The van der Waals surface area contributed by atoms with E-state index in [4.69, 9.17) is 0 Å². The van der Waals surface area contributed by atoms with Crippen molar-refractivity contribution in [3.05, 3.63) is 11.1 Å². The standard InChI is InChI=1S/C13H20N2OS/c1-8-5-9(2)10(3)15(7-8)13-14-6-12(17-13)11(4)16/h6,8-10H,5,7H2,1-4H3. The molecule has 1 aliphatic heterocycles. The molecule has 3 nitrogen and oxygen atoms in total. The fraction of sp³-hybridized carbons (Fsp3) is 0.692. The summed E-state index contributed by atoms with van der Waals surface area (Å²) in [4.78, 5) is 18.8. The van der Waals surface area contributed by atoms with Gasteiger partial charge in [-0.05, 0) is 25.2 Å². The molecule has 1 aliphatic rings. The third-order valence-corrected chi connectivity index (χ3v) is 4.82. The number of hydrogen-bond donors (Lipinski definition) is 0. The highest BCUT2D eigenvalue weighted by Crippen LogP contribution is 2.33. The van der Waals surface area contributed by atoms with Gasteiger partial charge in [-0.15, -0.1) is 0 Å². The molecule has 1 aromatic rings. The zero-order valence-electron chi connectivity index (χ0n) is 10.9. The quantitative estimate of drug-likeness (QED) is 0.758.